The number of carboxylic acids is 1. The van der Waals surface area contributed by atoms with Crippen molar-refractivity contribution in [2.45, 2.75) is 39.2 Å². The third-order valence-electron chi connectivity index (χ3n) is 3.80. The number of hydrogen-bond donors (Lipinski definition) is 1. The topological polar surface area (TPSA) is 49.8 Å². The van der Waals surface area contributed by atoms with Crippen molar-refractivity contribution in [1.82, 2.24) is 4.90 Å². The fraction of sp³-hybridized carbons (Fsp3) is 0.562. The van der Waals surface area contributed by atoms with E-state index in [2.05, 4.69) is 18.7 Å². The van der Waals surface area contributed by atoms with E-state index in [-0.39, 0.29) is 12.0 Å². The fourth-order valence-corrected chi connectivity index (χ4v) is 2.78. The lowest BCUT2D eigenvalue weighted by atomic mass is 9.87. The van der Waals surface area contributed by atoms with Gasteiger partial charge < -0.3 is 9.84 Å². The van der Waals surface area contributed by atoms with Gasteiger partial charge in [-0.3, -0.25) is 9.69 Å². The lowest BCUT2D eigenvalue weighted by Gasteiger charge is -2.39. The zero-order valence-corrected chi connectivity index (χ0v) is 12.8. The Kier molecular flexibility index (Phi) is 6.02. The van der Waals surface area contributed by atoms with Crippen LogP contribution in [0.5, 0.6) is 5.75 Å². The number of carbonyl (C=O) groups is 1. The Labute approximate surface area is 121 Å². The summed E-state index contributed by atoms with van der Waals surface area (Å²) in [7, 11) is 1.64. The van der Waals surface area contributed by atoms with Crippen molar-refractivity contribution in [1.29, 1.82) is 0 Å². The van der Waals surface area contributed by atoms with Crippen molar-refractivity contribution in [2.24, 2.45) is 0 Å². The van der Waals surface area contributed by atoms with Gasteiger partial charge in [-0.15, -0.1) is 0 Å². The smallest absolute Gasteiger partial charge is 0.305 e. The van der Waals surface area contributed by atoms with E-state index in [1.807, 2.05) is 31.2 Å². The van der Waals surface area contributed by atoms with Gasteiger partial charge >= 0.3 is 5.97 Å². The number of rotatable bonds is 8. The van der Waals surface area contributed by atoms with Crippen molar-refractivity contribution in [3.8, 4) is 5.75 Å². The van der Waals surface area contributed by atoms with Gasteiger partial charge in [-0.2, -0.15) is 0 Å². The van der Waals surface area contributed by atoms with E-state index < -0.39 is 5.97 Å². The minimum atomic E-state index is -0.757. The molecule has 0 aliphatic rings. The van der Waals surface area contributed by atoms with Gasteiger partial charge in [-0.1, -0.05) is 26.0 Å². The van der Waals surface area contributed by atoms with E-state index >= 15 is 0 Å². The first-order chi connectivity index (χ1) is 9.45. The first-order valence-electron chi connectivity index (χ1n) is 7.05. The number of hydrogen-bond acceptors (Lipinski definition) is 3. The SMILES string of the molecule is CCN(CC)C(C)(CC(=O)O)Cc1ccc(OC)cc1. The third kappa shape index (κ3) is 4.23. The Morgan fingerprint density at radius 1 is 1.25 bits per heavy atom. The summed E-state index contributed by atoms with van der Waals surface area (Å²) in [6.45, 7) is 7.85. The summed E-state index contributed by atoms with van der Waals surface area (Å²) in [4.78, 5) is 13.4. The minimum Gasteiger partial charge on any atom is -0.497 e. The zero-order chi connectivity index (χ0) is 15.2. The summed E-state index contributed by atoms with van der Waals surface area (Å²) in [5.41, 5.74) is 0.755. The normalized spacial score (nSPS) is 14.1. The van der Waals surface area contributed by atoms with Crippen molar-refractivity contribution in [3.05, 3.63) is 29.8 Å². The first kappa shape index (κ1) is 16.5. The molecule has 112 valence electrons. The van der Waals surface area contributed by atoms with Gasteiger partial charge in [0.25, 0.3) is 0 Å². The summed E-state index contributed by atoms with van der Waals surface area (Å²) in [6, 6.07) is 7.84. The molecular formula is C16H25NO3. The highest BCUT2D eigenvalue weighted by Gasteiger charge is 2.32. The maximum Gasteiger partial charge on any atom is 0.305 e. The molecule has 1 unspecified atom stereocenters. The molecular weight excluding hydrogens is 254 g/mol. The number of nitrogens with zero attached hydrogens (tertiary/aromatic N) is 1. The predicted molar refractivity (Wildman–Crippen MR) is 80.3 cm³/mol. The molecule has 0 saturated heterocycles. The lowest BCUT2D eigenvalue weighted by molar-refractivity contribution is -0.140. The van der Waals surface area contributed by atoms with Crippen LogP contribution in [0.15, 0.2) is 24.3 Å². The van der Waals surface area contributed by atoms with E-state index in [9.17, 15) is 9.90 Å². The van der Waals surface area contributed by atoms with Crippen molar-refractivity contribution >= 4 is 5.97 Å². The zero-order valence-electron chi connectivity index (χ0n) is 12.8. The first-order valence-corrected chi connectivity index (χ1v) is 7.05. The van der Waals surface area contributed by atoms with Crippen LogP contribution in [0.3, 0.4) is 0 Å². The van der Waals surface area contributed by atoms with Crippen LogP contribution in [-0.4, -0.2) is 41.7 Å². The Hall–Kier alpha value is -1.55. The Bertz CT molecular complexity index is 426. The minimum absolute atomic E-state index is 0.140. The van der Waals surface area contributed by atoms with E-state index in [1.165, 1.54) is 0 Å². The standard InChI is InChI=1S/C16H25NO3/c1-5-17(6-2)16(3,12-15(18)19)11-13-7-9-14(20-4)10-8-13/h7-10H,5-6,11-12H2,1-4H3,(H,18,19). The van der Waals surface area contributed by atoms with Crippen LogP contribution < -0.4 is 4.74 Å². The molecule has 0 amide bonds. The van der Waals surface area contributed by atoms with Crippen LogP contribution in [0.1, 0.15) is 32.8 Å². The van der Waals surface area contributed by atoms with Crippen molar-refractivity contribution in [3.63, 3.8) is 0 Å². The summed E-state index contributed by atoms with van der Waals surface area (Å²) >= 11 is 0. The second-order valence-electron chi connectivity index (χ2n) is 5.26. The molecule has 0 fully saturated rings. The number of aliphatic carboxylic acids is 1. The van der Waals surface area contributed by atoms with Crippen LogP contribution >= 0.6 is 0 Å². The molecule has 0 aliphatic carbocycles. The molecule has 0 spiro atoms. The van der Waals surface area contributed by atoms with Gasteiger partial charge in [0.15, 0.2) is 0 Å². The Morgan fingerprint density at radius 2 is 1.80 bits per heavy atom. The summed E-state index contributed by atoms with van der Waals surface area (Å²) in [5.74, 6) is 0.0597. The monoisotopic (exact) mass is 279 g/mol. The summed E-state index contributed by atoms with van der Waals surface area (Å²) in [6.07, 6.45) is 0.853. The molecule has 0 heterocycles. The van der Waals surface area contributed by atoms with Crippen LogP contribution in [-0.2, 0) is 11.2 Å². The van der Waals surface area contributed by atoms with Crippen LogP contribution in [0.25, 0.3) is 0 Å². The maximum absolute atomic E-state index is 11.2. The molecule has 1 rings (SSSR count). The number of benzene rings is 1. The van der Waals surface area contributed by atoms with Crippen LogP contribution in [0.2, 0.25) is 0 Å². The molecule has 20 heavy (non-hydrogen) atoms. The Morgan fingerprint density at radius 3 is 2.20 bits per heavy atom. The highest BCUT2D eigenvalue weighted by Crippen LogP contribution is 2.25. The molecule has 0 bridgehead atoms. The quantitative estimate of drug-likeness (QED) is 0.795. The highest BCUT2D eigenvalue weighted by molar-refractivity contribution is 5.68. The van der Waals surface area contributed by atoms with Crippen molar-refractivity contribution < 1.29 is 14.6 Å². The number of likely N-dealkylation sites (N-methyl/N-ethyl adjacent to an activating group) is 1. The number of carboxylic acid groups (broad SMARTS) is 1. The Balaban J connectivity index is 2.95. The maximum atomic E-state index is 11.2. The second-order valence-corrected chi connectivity index (χ2v) is 5.26. The van der Waals surface area contributed by atoms with Crippen LogP contribution in [0, 0.1) is 0 Å². The summed E-state index contributed by atoms with van der Waals surface area (Å²) in [5, 5.41) is 9.20. The second kappa shape index (κ2) is 7.29. The highest BCUT2D eigenvalue weighted by atomic mass is 16.5. The summed E-state index contributed by atoms with van der Waals surface area (Å²) < 4.78 is 5.15. The van der Waals surface area contributed by atoms with E-state index in [0.29, 0.717) is 6.42 Å². The fourth-order valence-electron chi connectivity index (χ4n) is 2.78. The third-order valence-corrected chi connectivity index (χ3v) is 3.80. The molecule has 1 aromatic carbocycles. The van der Waals surface area contributed by atoms with Gasteiger partial charge in [0.05, 0.1) is 13.5 Å². The molecule has 0 aromatic heterocycles. The average molecular weight is 279 g/mol. The molecule has 1 N–H and O–H groups in total. The molecule has 1 aromatic rings. The van der Waals surface area contributed by atoms with E-state index in [0.717, 1.165) is 24.4 Å². The van der Waals surface area contributed by atoms with E-state index in [4.69, 9.17) is 4.74 Å². The molecule has 1 atom stereocenters. The number of ether oxygens (including phenoxy) is 1. The molecule has 4 heteroatoms. The molecule has 0 radical (unpaired) electrons. The largest absolute Gasteiger partial charge is 0.497 e. The van der Waals surface area contributed by atoms with Gasteiger partial charge in [-0.25, -0.2) is 0 Å². The average Bonchev–Trinajstić information content (AvgIpc) is 2.39. The van der Waals surface area contributed by atoms with Crippen LogP contribution in [0.4, 0.5) is 0 Å². The number of methoxy groups -OCH3 is 1. The molecule has 4 nitrogen and oxygen atoms in total. The predicted octanol–water partition coefficient (Wildman–Crippen LogP) is 2.81. The van der Waals surface area contributed by atoms with Gasteiger partial charge in [-0.05, 0) is 44.1 Å². The molecule has 0 aliphatic heterocycles. The van der Waals surface area contributed by atoms with Gasteiger partial charge in [0, 0.05) is 5.54 Å². The van der Waals surface area contributed by atoms with Crippen molar-refractivity contribution in [2.75, 3.05) is 20.2 Å². The van der Waals surface area contributed by atoms with Gasteiger partial charge in [0.2, 0.25) is 0 Å². The molecule has 0 saturated carbocycles. The lowest BCUT2D eigenvalue weighted by Crippen LogP contribution is -2.49. The van der Waals surface area contributed by atoms with E-state index in [1.54, 1.807) is 7.11 Å². The van der Waals surface area contributed by atoms with Gasteiger partial charge in [0.1, 0.15) is 5.75 Å².